The second kappa shape index (κ2) is 7.83. The molecule has 24 heavy (non-hydrogen) atoms. The lowest BCUT2D eigenvalue weighted by molar-refractivity contribution is 0.0190. The average molecular weight is 332 g/mol. The Morgan fingerprint density at radius 3 is 2.75 bits per heavy atom. The minimum absolute atomic E-state index is 0.0279. The van der Waals surface area contributed by atoms with E-state index in [2.05, 4.69) is 34.3 Å². The van der Waals surface area contributed by atoms with Crippen LogP contribution in [-0.2, 0) is 11.3 Å². The molecule has 1 aromatic heterocycles. The van der Waals surface area contributed by atoms with Crippen molar-refractivity contribution >= 4 is 11.8 Å². The van der Waals surface area contributed by atoms with E-state index in [1.165, 1.54) is 12.8 Å². The van der Waals surface area contributed by atoms with E-state index in [1.54, 1.807) is 0 Å². The molecule has 0 spiro atoms. The Morgan fingerprint density at radius 1 is 1.29 bits per heavy atom. The second-order valence-corrected chi connectivity index (χ2v) is 6.97. The average Bonchev–Trinajstić information content (AvgIpc) is 2.61. The highest BCUT2D eigenvalue weighted by Crippen LogP contribution is 2.21. The Labute approximate surface area is 144 Å². The van der Waals surface area contributed by atoms with E-state index in [-0.39, 0.29) is 12.1 Å². The number of ether oxygens (including phenoxy) is 1. The molecule has 1 atom stereocenters. The van der Waals surface area contributed by atoms with Gasteiger partial charge in [0.2, 0.25) is 0 Å². The summed E-state index contributed by atoms with van der Waals surface area (Å²) in [7, 11) is 0. The van der Waals surface area contributed by atoms with Crippen LogP contribution in [0.3, 0.4) is 0 Å². The highest BCUT2D eigenvalue weighted by molar-refractivity contribution is 5.74. The van der Waals surface area contributed by atoms with Crippen molar-refractivity contribution in [3.05, 3.63) is 23.9 Å². The molecule has 2 fully saturated rings. The molecule has 0 aliphatic carbocycles. The molecule has 1 N–H and O–H groups in total. The molecular weight excluding hydrogens is 304 g/mol. The van der Waals surface area contributed by atoms with Crippen molar-refractivity contribution < 1.29 is 9.53 Å². The first-order chi connectivity index (χ1) is 11.6. The highest BCUT2D eigenvalue weighted by atomic mass is 16.5. The number of aromatic nitrogens is 1. The van der Waals surface area contributed by atoms with Crippen LogP contribution < -0.4 is 10.2 Å². The number of hydrogen-bond donors (Lipinski definition) is 1. The van der Waals surface area contributed by atoms with Gasteiger partial charge in [-0.05, 0) is 37.3 Å². The largest absolute Gasteiger partial charge is 0.377 e. The molecular formula is C18H28N4O2. The number of carbonyl (C=O) groups excluding carboxylic acids is 1. The van der Waals surface area contributed by atoms with Crippen LogP contribution in [0, 0.1) is 5.92 Å². The second-order valence-electron chi connectivity index (χ2n) is 6.97. The monoisotopic (exact) mass is 332 g/mol. The summed E-state index contributed by atoms with van der Waals surface area (Å²) >= 11 is 0. The summed E-state index contributed by atoms with van der Waals surface area (Å²) in [6, 6.07) is 4.22. The Kier molecular flexibility index (Phi) is 5.56. The van der Waals surface area contributed by atoms with Crippen molar-refractivity contribution in [1.29, 1.82) is 0 Å². The van der Waals surface area contributed by atoms with Gasteiger partial charge in [-0.1, -0.05) is 13.0 Å². The lowest BCUT2D eigenvalue weighted by Crippen LogP contribution is -2.51. The van der Waals surface area contributed by atoms with Gasteiger partial charge in [0.1, 0.15) is 5.82 Å². The van der Waals surface area contributed by atoms with E-state index in [0.29, 0.717) is 26.3 Å². The summed E-state index contributed by atoms with van der Waals surface area (Å²) in [6.07, 6.45) is 4.34. The standard InChI is InChI=1S/C18H28N4O2/c1-14-5-7-21(8-6-14)17-4-3-16(11-19-17)12-20-18(23)22-9-10-24-13-15(22)2/h3-4,11,14-15H,5-10,12-13H2,1-2H3,(H,20,23)/t15-/m1/s1. The number of anilines is 1. The summed E-state index contributed by atoms with van der Waals surface area (Å²) in [4.78, 5) is 21.0. The Bertz CT molecular complexity index is 540. The molecule has 2 aliphatic heterocycles. The molecule has 132 valence electrons. The fourth-order valence-corrected chi connectivity index (χ4v) is 3.25. The number of carbonyl (C=O) groups is 1. The van der Waals surface area contributed by atoms with Gasteiger partial charge >= 0.3 is 6.03 Å². The molecule has 0 aromatic carbocycles. The van der Waals surface area contributed by atoms with Gasteiger partial charge in [0.25, 0.3) is 0 Å². The number of rotatable bonds is 3. The Morgan fingerprint density at radius 2 is 2.08 bits per heavy atom. The van der Waals surface area contributed by atoms with E-state index >= 15 is 0 Å². The smallest absolute Gasteiger partial charge is 0.318 e. The third-order valence-corrected chi connectivity index (χ3v) is 4.99. The van der Waals surface area contributed by atoms with Crippen molar-refractivity contribution in [3.63, 3.8) is 0 Å². The summed E-state index contributed by atoms with van der Waals surface area (Å²) in [6.45, 7) is 8.87. The number of amides is 2. The maximum Gasteiger partial charge on any atom is 0.318 e. The van der Waals surface area contributed by atoms with Gasteiger partial charge in [0.15, 0.2) is 0 Å². The van der Waals surface area contributed by atoms with Crippen molar-refractivity contribution in [2.45, 2.75) is 39.3 Å². The molecule has 0 bridgehead atoms. The van der Waals surface area contributed by atoms with Gasteiger partial charge in [0, 0.05) is 32.4 Å². The molecule has 3 rings (SSSR count). The van der Waals surface area contributed by atoms with Crippen LogP contribution in [-0.4, -0.2) is 54.8 Å². The normalized spacial score (nSPS) is 22.5. The van der Waals surface area contributed by atoms with E-state index in [9.17, 15) is 4.79 Å². The van der Waals surface area contributed by atoms with Crippen molar-refractivity contribution in [3.8, 4) is 0 Å². The van der Waals surface area contributed by atoms with Crippen LogP contribution in [0.4, 0.5) is 10.6 Å². The van der Waals surface area contributed by atoms with Gasteiger partial charge in [-0.3, -0.25) is 0 Å². The van der Waals surface area contributed by atoms with Gasteiger partial charge < -0.3 is 19.9 Å². The van der Waals surface area contributed by atoms with E-state index in [0.717, 1.165) is 30.4 Å². The highest BCUT2D eigenvalue weighted by Gasteiger charge is 2.23. The topological polar surface area (TPSA) is 57.7 Å². The number of piperidine rings is 1. The van der Waals surface area contributed by atoms with Gasteiger partial charge in [-0.2, -0.15) is 0 Å². The molecule has 1 aromatic rings. The number of nitrogens with one attached hydrogen (secondary N) is 1. The van der Waals surface area contributed by atoms with Crippen LogP contribution in [0.25, 0.3) is 0 Å². The lowest BCUT2D eigenvalue weighted by atomic mass is 9.99. The third-order valence-electron chi connectivity index (χ3n) is 4.99. The summed E-state index contributed by atoms with van der Waals surface area (Å²) in [5.74, 6) is 1.86. The molecule has 2 aliphatic rings. The van der Waals surface area contributed by atoms with Gasteiger partial charge in [0.05, 0.1) is 19.3 Å². The van der Waals surface area contributed by atoms with Crippen molar-refractivity contribution in [2.75, 3.05) is 37.7 Å². The molecule has 3 heterocycles. The number of hydrogen-bond acceptors (Lipinski definition) is 4. The van der Waals surface area contributed by atoms with Crippen LogP contribution in [0.1, 0.15) is 32.3 Å². The van der Waals surface area contributed by atoms with Crippen LogP contribution in [0.2, 0.25) is 0 Å². The minimum atomic E-state index is -0.0279. The van der Waals surface area contributed by atoms with Crippen LogP contribution in [0.15, 0.2) is 18.3 Å². The lowest BCUT2D eigenvalue weighted by Gasteiger charge is -2.33. The first kappa shape index (κ1) is 17.0. The predicted molar refractivity (Wildman–Crippen MR) is 94.1 cm³/mol. The first-order valence-corrected chi connectivity index (χ1v) is 8.95. The molecule has 6 nitrogen and oxygen atoms in total. The molecule has 0 unspecified atom stereocenters. The van der Waals surface area contributed by atoms with Crippen LogP contribution >= 0.6 is 0 Å². The van der Waals surface area contributed by atoms with Gasteiger partial charge in [-0.25, -0.2) is 9.78 Å². The molecule has 6 heteroatoms. The molecule has 2 amide bonds. The van der Waals surface area contributed by atoms with Crippen LogP contribution in [0.5, 0.6) is 0 Å². The molecule has 0 radical (unpaired) electrons. The fraction of sp³-hybridized carbons (Fsp3) is 0.667. The molecule has 0 saturated carbocycles. The maximum atomic E-state index is 12.3. The number of urea groups is 1. The Balaban J connectivity index is 1.50. The Hall–Kier alpha value is -1.82. The predicted octanol–water partition coefficient (Wildman–Crippen LogP) is 2.25. The maximum absolute atomic E-state index is 12.3. The number of pyridine rings is 1. The quantitative estimate of drug-likeness (QED) is 0.922. The van der Waals surface area contributed by atoms with Gasteiger partial charge in [-0.15, -0.1) is 0 Å². The first-order valence-electron chi connectivity index (χ1n) is 8.95. The third kappa shape index (κ3) is 4.17. The zero-order valence-corrected chi connectivity index (χ0v) is 14.7. The SMILES string of the molecule is CC1CCN(c2ccc(CNC(=O)N3CCOC[C@H]3C)cn2)CC1. The summed E-state index contributed by atoms with van der Waals surface area (Å²) in [5.41, 5.74) is 1.03. The van der Waals surface area contributed by atoms with E-state index in [1.807, 2.05) is 18.0 Å². The van der Waals surface area contributed by atoms with Crippen molar-refractivity contribution in [1.82, 2.24) is 15.2 Å². The molecule has 2 saturated heterocycles. The van der Waals surface area contributed by atoms with E-state index in [4.69, 9.17) is 4.74 Å². The zero-order chi connectivity index (χ0) is 16.9. The number of morpholine rings is 1. The minimum Gasteiger partial charge on any atom is -0.377 e. The summed E-state index contributed by atoms with van der Waals surface area (Å²) < 4.78 is 5.37. The fourth-order valence-electron chi connectivity index (χ4n) is 3.25. The van der Waals surface area contributed by atoms with E-state index < -0.39 is 0 Å². The van der Waals surface area contributed by atoms with Crippen molar-refractivity contribution in [2.24, 2.45) is 5.92 Å². The zero-order valence-electron chi connectivity index (χ0n) is 14.7. The number of nitrogens with zero attached hydrogens (tertiary/aromatic N) is 3. The summed E-state index contributed by atoms with van der Waals surface area (Å²) in [5, 5.41) is 2.98.